The molecule has 3 aromatic carbocycles. The predicted molar refractivity (Wildman–Crippen MR) is 124 cm³/mol. The lowest BCUT2D eigenvalue weighted by Gasteiger charge is -2.11. The predicted octanol–water partition coefficient (Wildman–Crippen LogP) is 5.31. The molecule has 0 spiro atoms. The van der Waals surface area contributed by atoms with Crippen LogP contribution in [0.2, 0.25) is 0 Å². The topological polar surface area (TPSA) is 81.4 Å². The average molecular weight is 437 g/mol. The molecule has 5 nitrogen and oxygen atoms in total. The molecule has 0 atom stereocenters. The van der Waals surface area contributed by atoms with Crippen molar-refractivity contribution in [3.8, 4) is 11.5 Å². The van der Waals surface area contributed by atoms with E-state index < -0.39 is 5.91 Å². The summed E-state index contributed by atoms with van der Waals surface area (Å²) in [5.41, 5.74) is 8.22. The molecule has 7 heteroatoms. The Labute approximate surface area is 183 Å². The number of nitrogens with one attached hydrogen (secondary N) is 1. The molecular weight excluding hydrogens is 416 g/mol. The monoisotopic (exact) mass is 436 g/mol. The molecule has 1 aliphatic rings. The zero-order valence-electron chi connectivity index (χ0n) is 16.0. The average Bonchev–Trinajstić information content (AvgIpc) is 3.30. The summed E-state index contributed by atoms with van der Waals surface area (Å²) in [6, 6.07) is 21.5. The SMILES string of the molecule is NC(=O)c1ccc(Oc2ccc(C(=O)Nc3cccc(C4SCCS4)c3)cc2)cc1. The molecule has 1 heterocycles. The maximum Gasteiger partial charge on any atom is 0.255 e. The van der Waals surface area contributed by atoms with Gasteiger partial charge in [-0.1, -0.05) is 12.1 Å². The van der Waals surface area contributed by atoms with E-state index in [2.05, 4.69) is 11.4 Å². The number of primary amides is 1. The van der Waals surface area contributed by atoms with Crippen LogP contribution in [0.25, 0.3) is 0 Å². The maximum atomic E-state index is 12.6. The van der Waals surface area contributed by atoms with Crippen molar-refractivity contribution in [2.75, 3.05) is 16.8 Å². The van der Waals surface area contributed by atoms with E-state index in [1.807, 2.05) is 41.7 Å². The summed E-state index contributed by atoms with van der Waals surface area (Å²) in [5.74, 6) is 2.84. The highest BCUT2D eigenvalue weighted by Crippen LogP contribution is 2.45. The fraction of sp³-hybridized carbons (Fsp3) is 0.130. The van der Waals surface area contributed by atoms with E-state index in [1.165, 1.54) is 5.56 Å². The fourth-order valence-electron chi connectivity index (χ4n) is 3.01. The summed E-state index contributed by atoms with van der Waals surface area (Å²) in [4.78, 5) is 23.7. The number of thioether (sulfide) groups is 2. The fourth-order valence-corrected chi connectivity index (χ4v) is 5.85. The molecule has 4 rings (SSSR count). The van der Waals surface area contributed by atoms with Gasteiger partial charge >= 0.3 is 0 Å². The van der Waals surface area contributed by atoms with Crippen molar-refractivity contribution in [2.24, 2.45) is 5.73 Å². The van der Waals surface area contributed by atoms with E-state index in [9.17, 15) is 9.59 Å². The third kappa shape index (κ3) is 4.98. The van der Waals surface area contributed by atoms with Gasteiger partial charge in [-0.25, -0.2) is 0 Å². The highest BCUT2D eigenvalue weighted by Gasteiger charge is 2.18. The lowest BCUT2D eigenvalue weighted by Crippen LogP contribution is -2.11. The molecular formula is C23H20N2O3S2. The van der Waals surface area contributed by atoms with Gasteiger partial charge in [0.15, 0.2) is 0 Å². The largest absolute Gasteiger partial charge is 0.457 e. The Kier molecular flexibility index (Phi) is 6.30. The number of ether oxygens (including phenoxy) is 1. The first-order chi connectivity index (χ1) is 14.6. The van der Waals surface area contributed by atoms with Gasteiger partial charge in [-0.3, -0.25) is 9.59 Å². The van der Waals surface area contributed by atoms with Gasteiger partial charge in [-0.05, 0) is 66.2 Å². The minimum atomic E-state index is -0.483. The summed E-state index contributed by atoms with van der Waals surface area (Å²) < 4.78 is 6.19. The smallest absolute Gasteiger partial charge is 0.255 e. The normalized spacial score (nSPS) is 13.7. The Morgan fingerprint density at radius 2 is 1.47 bits per heavy atom. The molecule has 3 N–H and O–H groups in total. The van der Waals surface area contributed by atoms with E-state index in [0.717, 1.165) is 17.2 Å². The lowest BCUT2D eigenvalue weighted by atomic mass is 10.1. The lowest BCUT2D eigenvalue weighted by molar-refractivity contribution is 0.0997. The molecule has 0 bridgehead atoms. The molecule has 0 unspecified atom stereocenters. The van der Waals surface area contributed by atoms with Gasteiger partial charge < -0.3 is 15.8 Å². The Morgan fingerprint density at radius 1 is 0.867 bits per heavy atom. The molecule has 0 radical (unpaired) electrons. The Hall–Kier alpha value is -2.90. The van der Waals surface area contributed by atoms with Crippen LogP contribution >= 0.6 is 23.5 Å². The summed E-state index contributed by atoms with van der Waals surface area (Å²) in [6.45, 7) is 0. The number of amides is 2. The van der Waals surface area contributed by atoms with Crippen molar-refractivity contribution in [3.63, 3.8) is 0 Å². The van der Waals surface area contributed by atoms with Crippen molar-refractivity contribution >= 4 is 41.0 Å². The van der Waals surface area contributed by atoms with Gasteiger partial charge in [0.25, 0.3) is 5.91 Å². The quantitative estimate of drug-likeness (QED) is 0.547. The molecule has 3 aromatic rings. The minimum Gasteiger partial charge on any atom is -0.457 e. The number of hydrogen-bond donors (Lipinski definition) is 2. The van der Waals surface area contributed by atoms with E-state index in [0.29, 0.717) is 27.2 Å². The zero-order chi connectivity index (χ0) is 20.9. The number of nitrogens with two attached hydrogens (primary N) is 1. The van der Waals surface area contributed by atoms with Crippen LogP contribution in [0.15, 0.2) is 72.8 Å². The van der Waals surface area contributed by atoms with Crippen LogP contribution in [-0.2, 0) is 0 Å². The number of rotatable bonds is 6. The highest BCUT2D eigenvalue weighted by molar-refractivity contribution is 8.19. The number of carbonyl (C=O) groups excluding carboxylic acids is 2. The van der Waals surface area contributed by atoms with Crippen molar-refractivity contribution in [1.82, 2.24) is 0 Å². The third-order valence-electron chi connectivity index (χ3n) is 4.53. The molecule has 30 heavy (non-hydrogen) atoms. The Bertz CT molecular complexity index is 1050. The molecule has 0 aliphatic carbocycles. The summed E-state index contributed by atoms with van der Waals surface area (Å²) in [5, 5.41) is 2.97. The first-order valence-electron chi connectivity index (χ1n) is 9.41. The van der Waals surface area contributed by atoms with Crippen LogP contribution in [-0.4, -0.2) is 23.3 Å². The number of anilines is 1. The van der Waals surface area contributed by atoms with Crippen LogP contribution in [0.5, 0.6) is 11.5 Å². The molecule has 2 amide bonds. The molecule has 1 fully saturated rings. The van der Waals surface area contributed by atoms with E-state index in [-0.39, 0.29) is 5.91 Å². The molecule has 152 valence electrons. The maximum absolute atomic E-state index is 12.6. The van der Waals surface area contributed by atoms with Gasteiger partial charge in [0.05, 0.1) is 4.58 Å². The van der Waals surface area contributed by atoms with Gasteiger partial charge in [-0.2, -0.15) is 0 Å². The summed E-state index contributed by atoms with van der Waals surface area (Å²) >= 11 is 3.87. The van der Waals surface area contributed by atoms with Crippen molar-refractivity contribution in [3.05, 3.63) is 89.5 Å². The highest BCUT2D eigenvalue weighted by atomic mass is 32.2. The van der Waals surface area contributed by atoms with Crippen LogP contribution in [0.3, 0.4) is 0 Å². The first-order valence-corrected chi connectivity index (χ1v) is 11.5. The zero-order valence-corrected chi connectivity index (χ0v) is 17.7. The third-order valence-corrected chi connectivity index (χ3v) is 7.63. The number of carbonyl (C=O) groups is 2. The number of benzene rings is 3. The summed E-state index contributed by atoms with van der Waals surface area (Å²) in [6.07, 6.45) is 0. The van der Waals surface area contributed by atoms with Gasteiger partial charge in [0.1, 0.15) is 11.5 Å². The van der Waals surface area contributed by atoms with Gasteiger partial charge in [0.2, 0.25) is 5.91 Å². The van der Waals surface area contributed by atoms with Gasteiger partial charge in [0, 0.05) is 28.3 Å². The summed E-state index contributed by atoms with van der Waals surface area (Å²) in [7, 11) is 0. The second-order valence-electron chi connectivity index (χ2n) is 6.67. The van der Waals surface area contributed by atoms with Crippen LogP contribution in [0.4, 0.5) is 5.69 Å². The van der Waals surface area contributed by atoms with Crippen LogP contribution in [0, 0.1) is 0 Å². The number of hydrogen-bond acceptors (Lipinski definition) is 5. The Balaban J connectivity index is 1.39. The first kappa shape index (κ1) is 20.4. The standard InChI is InChI=1S/C23H20N2O3S2/c24-21(26)15-4-8-19(9-5-15)28-20-10-6-16(7-11-20)22(27)25-18-3-1-2-17(14-18)23-29-12-13-30-23/h1-11,14,23H,12-13H2,(H2,24,26)(H,25,27). The van der Waals surface area contributed by atoms with E-state index in [1.54, 1.807) is 48.5 Å². The molecule has 1 saturated heterocycles. The van der Waals surface area contributed by atoms with Gasteiger partial charge in [-0.15, -0.1) is 23.5 Å². The second kappa shape index (κ2) is 9.28. The van der Waals surface area contributed by atoms with Crippen LogP contribution in [0.1, 0.15) is 30.9 Å². The van der Waals surface area contributed by atoms with E-state index in [4.69, 9.17) is 10.5 Å². The second-order valence-corrected chi connectivity index (χ2v) is 9.39. The van der Waals surface area contributed by atoms with E-state index >= 15 is 0 Å². The molecule has 0 saturated carbocycles. The van der Waals surface area contributed by atoms with Crippen LogP contribution < -0.4 is 15.8 Å². The van der Waals surface area contributed by atoms with Crippen molar-refractivity contribution < 1.29 is 14.3 Å². The molecule has 1 aliphatic heterocycles. The molecule has 0 aromatic heterocycles. The van der Waals surface area contributed by atoms with Crippen molar-refractivity contribution in [2.45, 2.75) is 4.58 Å². The van der Waals surface area contributed by atoms with Crippen molar-refractivity contribution in [1.29, 1.82) is 0 Å². The minimum absolute atomic E-state index is 0.170. The Morgan fingerprint density at radius 3 is 2.07 bits per heavy atom.